The predicted molar refractivity (Wildman–Crippen MR) is 66.4 cm³/mol. The first-order chi connectivity index (χ1) is 8.03. The molecule has 0 saturated carbocycles. The van der Waals surface area contributed by atoms with Gasteiger partial charge in [0.15, 0.2) is 10.4 Å². The van der Waals surface area contributed by atoms with Gasteiger partial charge in [-0.05, 0) is 32.6 Å². The van der Waals surface area contributed by atoms with Gasteiger partial charge in [0.25, 0.3) is 10.0 Å². The van der Waals surface area contributed by atoms with Crippen LogP contribution in [0.4, 0.5) is 5.13 Å². The molecule has 1 aliphatic carbocycles. The van der Waals surface area contributed by atoms with E-state index in [1.54, 1.807) is 6.07 Å². The van der Waals surface area contributed by atoms with Crippen molar-refractivity contribution in [3.05, 3.63) is 10.6 Å². The largest absolute Gasteiger partial charge is 0.258 e. The van der Waals surface area contributed by atoms with Crippen molar-refractivity contribution >= 4 is 26.5 Å². The van der Waals surface area contributed by atoms with Gasteiger partial charge in [-0.1, -0.05) is 0 Å². The highest BCUT2D eigenvalue weighted by Gasteiger charge is 2.23. The molecule has 1 aliphatic rings. The maximum atomic E-state index is 11.7. The molecule has 5 nitrogen and oxygen atoms in total. The quantitative estimate of drug-likeness (QED) is 0.906. The van der Waals surface area contributed by atoms with Crippen molar-refractivity contribution in [3.8, 4) is 6.07 Å². The summed E-state index contributed by atoms with van der Waals surface area (Å²) in [4.78, 5) is 5.44. The first-order valence-electron chi connectivity index (χ1n) is 5.43. The molecule has 1 heterocycles. The minimum Gasteiger partial charge on any atom is -0.258 e. The summed E-state index contributed by atoms with van der Waals surface area (Å²) in [6.45, 7) is 1.36. The summed E-state index contributed by atoms with van der Waals surface area (Å²) in [7, 11) is -3.63. The molecule has 0 radical (unpaired) electrons. The Morgan fingerprint density at radius 2 is 2.18 bits per heavy atom. The number of anilines is 1. The smallest absolute Gasteiger partial charge is 0.250 e. The molecule has 0 amide bonds. The van der Waals surface area contributed by atoms with Gasteiger partial charge in [0.1, 0.15) is 0 Å². The molecule has 1 unspecified atom stereocenters. The molecule has 1 aromatic heterocycles. The van der Waals surface area contributed by atoms with E-state index in [1.165, 1.54) is 23.1 Å². The first-order valence-corrected chi connectivity index (χ1v) is 7.79. The van der Waals surface area contributed by atoms with Crippen molar-refractivity contribution < 1.29 is 8.42 Å². The van der Waals surface area contributed by atoms with Gasteiger partial charge < -0.3 is 0 Å². The van der Waals surface area contributed by atoms with Crippen LogP contribution in [0.5, 0.6) is 0 Å². The van der Waals surface area contributed by atoms with Crippen molar-refractivity contribution in [2.75, 3.05) is 4.72 Å². The van der Waals surface area contributed by atoms with Gasteiger partial charge in [-0.3, -0.25) is 4.72 Å². The number of thiazole rings is 1. The van der Waals surface area contributed by atoms with Crippen LogP contribution >= 0.6 is 11.3 Å². The zero-order valence-electron chi connectivity index (χ0n) is 9.43. The number of aryl methyl sites for hydroxylation is 2. The minimum absolute atomic E-state index is 0.388. The number of nitrogens with zero attached hydrogens (tertiary/aromatic N) is 2. The monoisotopic (exact) mass is 271 g/mol. The molecule has 17 heavy (non-hydrogen) atoms. The number of hydrogen-bond acceptors (Lipinski definition) is 5. The van der Waals surface area contributed by atoms with Crippen LogP contribution in [0.15, 0.2) is 0 Å². The maximum absolute atomic E-state index is 11.7. The lowest BCUT2D eigenvalue weighted by molar-refractivity contribution is 0.597. The Morgan fingerprint density at radius 1 is 1.47 bits per heavy atom. The fourth-order valence-corrected chi connectivity index (χ4v) is 3.70. The number of nitriles is 1. The highest BCUT2D eigenvalue weighted by molar-refractivity contribution is 7.93. The number of sulfonamides is 1. The predicted octanol–water partition coefficient (Wildman–Crippen LogP) is 1.68. The van der Waals surface area contributed by atoms with Crippen LogP contribution in [0.25, 0.3) is 0 Å². The number of aromatic nitrogens is 1. The van der Waals surface area contributed by atoms with Gasteiger partial charge in [0.2, 0.25) is 0 Å². The molecule has 0 aromatic carbocycles. The van der Waals surface area contributed by atoms with E-state index in [0.29, 0.717) is 5.13 Å². The lowest BCUT2D eigenvalue weighted by atomic mass is 10.0. The molecule has 0 aliphatic heterocycles. The summed E-state index contributed by atoms with van der Waals surface area (Å²) in [5, 5.41) is 7.95. The molecule has 92 valence electrons. The summed E-state index contributed by atoms with van der Waals surface area (Å²) in [6.07, 6.45) is 4.14. The Balaban J connectivity index is 2.20. The van der Waals surface area contributed by atoms with Crippen LogP contribution in [0.1, 0.15) is 30.3 Å². The Bertz CT molecular complexity index is 533. The molecule has 0 bridgehead atoms. The molecular weight excluding hydrogens is 258 g/mol. The molecule has 1 atom stereocenters. The van der Waals surface area contributed by atoms with Gasteiger partial charge in [-0.2, -0.15) is 5.26 Å². The van der Waals surface area contributed by atoms with E-state index in [0.717, 1.165) is 31.4 Å². The van der Waals surface area contributed by atoms with Crippen LogP contribution in [0.3, 0.4) is 0 Å². The fourth-order valence-electron chi connectivity index (χ4n) is 1.68. The number of rotatable bonds is 3. The average Bonchev–Trinajstić information content (AvgIpc) is 2.68. The summed E-state index contributed by atoms with van der Waals surface area (Å²) < 4.78 is 25.7. The Kier molecular flexibility index (Phi) is 3.35. The summed E-state index contributed by atoms with van der Waals surface area (Å²) in [5.41, 5.74) is 1.00. The summed E-state index contributed by atoms with van der Waals surface area (Å²) >= 11 is 1.38. The third-order valence-corrected chi connectivity index (χ3v) is 5.44. The summed E-state index contributed by atoms with van der Waals surface area (Å²) in [6, 6.07) is 1.71. The van der Waals surface area contributed by atoms with Crippen molar-refractivity contribution in [2.24, 2.45) is 0 Å². The topological polar surface area (TPSA) is 82.8 Å². The number of hydrogen-bond donors (Lipinski definition) is 1. The average molecular weight is 271 g/mol. The highest BCUT2D eigenvalue weighted by atomic mass is 32.2. The Labute approximate surface area is 105 Å². The molecule has 1 aromatic rings. The lowest BCUT2D eigenvalue weighted by Gasteiger charge is -2.06. The Hall–Kier alpha value is -1.13. The zero-order valence-corrected chi connectivity index (χ0v) is 11.1. The lowest BCUT2D eigenvalue weighted by Crippen LogP contribution is -2.23. The second kappa shape index (κ2) is 4.63. The van der Waals surface area contributed by atoms with E-state index < -0.39 is 15.3 Å². The summed E-state index contributed by atoms with van der Waals surface area (Å²) in [5.74, 6) is 0. The van der Waals surface area contributed by atoms with Crippen LogP contribution < -0.4 is 4.72 Å². The van der Waals surface area contributed by atoms with Gasteiger partial charge >= 0.3 is 0 Å². The van der Waals surface area contributed by atoms with Gasteiger partial charge in [0, 0.05) is 4.88 Å². The molecular formula is C10H13N3O2S2. The van der Waals surface area contributed by atoms with Crippen LogP contribution in [-0.4, -0.2) is 18.7 Å². The SMILES string of the molecule is CC(C#N)S(=O)(=O)Nc1nc2c(s1)CCCC2. The van der Waals surface area contributed by atoms with Crippen LogP contribution in [-0.2, 0) is 22.9 Å². The van der Waals surface area contributed by atoms with Crippen molar-refractivity contribution in [1.82, 2.24) is 4.98 Å². The molecule has 2 rings (SSSR count). The van der Waals surface area contributed by atoms with E-state index in [-0.39, 0.29) is 0 Å². The van der Waals surface area contributed by atoms with Crippen molar-refractivity contribution in [2.45, 2.75) is 37.9 Å². The highest BCUT2D eigenvalue weighted by Crippen LogP contribution is 2.30. The third-order valence-electron chi connectivity index (χ3n) is 2.72. The van der Waals surface area contributed by atoms with E-state index in [4.69, 9.17) is 5.26 Å². The van der Waals surface area contributed by atoms with Crippen LogP contribution in [0.2, 0.25) is 0 Å². The number of nitrogens with one attached hydrogen (secondary N) is 1. The number of fused-ring (bicyclic) bond motifs is 1. The molecule has 7 heteroatoms. The van der Waals surface area contributed by atoms with E-state index in [1.807, 2.05) is 0 Å². The van der Waals surface area contributed by atoms with Gasteiger partial charge in [-0.25, -0.2) is 13.4 Å². The second-order valence-electron chi connectivity index (χ2n) is 4.01. The van der Waals surface area contributed by atoms with E-state index in [2.05, 4.69) is 9.71 Å². The normalized spacial score (nSPS) is 16.9. The van der Waals surface area contributed by atoms with Gasteiger partial charge in [-0.15, -0.1) is 11.3 Å². The fraction of sp³-hybridized carbons (Fsp3) is 0.600. The van der Waals surface area contributed by atoms with Gasteiger partial charge in [0.05, 0.1) is 11.8 Å². The molecule has 0 fully saturated rings. The zero-order chi connectivity index (χ0) is 12.5. The van der Waals surface area contributed by atoms with E-state index >= 15 is 0 Å². The second-order valence-corrected chi connectivity index (χ2v) is 7.10. The standard InChI is InChI=1S/C10H13N3O2S2/c1-7(6-11)17(14,15)13-10-12-8-4-2-3-5-9(8)16-10/h7H,2-5H2,1H3,(H,12,13). The molecule has 0 spiro atoms. The van der Waals surface area contributed by atoms with Crippen molar-refractivity contribution in [1.29, 1.82) is 5.26 Å². The third kappa shape index (κ3) is 2.58. The maximum Gasteiger partial charge on any atom is 0.250 e. The minimum atomic E-state index is -3.63. The molecule has 1 N–H and O–H groups in total. The van der Waals surface area contributed by atoms with E-state index in [9.17, 15) is 8.42 Å². The first kappa shape index (κ1) is 12.3. The van der Waals surface area contributed by atoms with Crippen LogP contribution in [0, 0.1) is 11.3 Å². The Morgan fingerprint density at radius 3 is 2.82 bits per heavy atom. The molecule has 0 saturated heterocycles. The van der Waals surface area contributed by atoms with Crippen molar-refractivity contribution in [3.63, 3.8) is 0 Å².